The van der Waals surface area contributed by atoms with Gasteiger partial charge in [0.1, 0.15) is 0 Å². The molecule has 3 N–H and O–H groups in total. The molecule has 3 nitrogen and oxygen atoms in total. The number of rotatable bonds is 5. The van der Waals surface area contributed by atoms with Crippen LogP contribution in [0, 0.1) is 17.2 Å². The molecule has 17 heavy (non-hydrogen) atoms. The predicted octanol–water partition coefficient (Wildman–Crippen LogP) is 2.94. The number of anilines is 2. The van der Waals surface area contributed by atoms with Crippen LogP contribution >= 0.6 is 0 Å². The predicted molar refractivity (Wildman–Crippen MR) is 70.6 cm³/mol. The Balaban J connectivity index is 1.87. The number of nitrogens with two attached hydrogens (primary N) is 1. The summed E-state index contributed by atoms with van der Waals surface area (Å²) in [5, 5.41) is 12.1. The van der Waals surface area contributed by atoms with E-state index in [1.807, 2.05) is 18.2 Å². The molecule has 0 atom stereocenters. The molecule has 1 fully saturated rings. The van der Waals surface area contributed by atoms with E-state index in [0.717, 1.165) is 23.7 Å². The molecule has 1 aromatic rings. The monoisotopic (exact) mass is 229 g/mol. The minimum Gasteiger partial charge on any atom is -0.398 e. The zero-order valence-electron chi connectivity index (χ0n) is 10.1. The first-order valence-corrected chi connectivity index (χ1v) is 6.29. The van der Waals surface area contributed by atoms with Gasteiger partial charge in [0, 0.05) is 17.9 Å². The van der Waals surface area contributed by atoms with Crippen molar-refractivity contribution in [2.24, 2.45) is 5.92 Å². The molecule has 0 heterocycles. The van der Waals surface area contributed by atoms with Crippen molar-refractivity contribution in [1.82, 2.24) is 0 Å². The SMILES string of the molecule is N#CCc1cc(NCCC2CCC2)ccc1N. The number of nitrogen functional groups attached to an aromatic ring is 1. The summed E-state index contributed by atoms with van der Waals surface area (Å²) in [6.45, 7) is 1.01. The minimum absolute atomic E-state index is 0.379. The average Bonchev–Trinajstić information content (AvgIpc) is 2.26. The van der Waals surface area contributed by atoms with Crippen LogP contribution in [0.15, 0.2) is 18.2 Å². The summed E-state index contributed by atoms with van der Waals surface area (Å²) in [5.41, 5.74) is 8.50. The Morgan fingerprint density at radius 3 is 2.88 bits per heavy atom. The Bertz CT molecular complexity index is 416. The second kappa shape index (κ2) is 5.58. The van der Waals surface area contributed by atoms with Gasteiger partial charge in [-0.15, -0.1) is 0 Å². The number of hydrogen-bond donors (Lipinski definition) is 2. The second-order valence-corrected chi connectivity index (χ2v) is 4.76. The van der Waals surface area contributed by atoms with Gasteiger partial charge in [-0.25, -0.2) is 0 Å². The van der Waals surface area contributed by atoms with Gasteiger partial charge in [0.2, 0.25) is 0 Å². The van der Waals surface area contributed by atoms with Gasteiger partial charge in [-0.2, -0.15) is 5.26 Å². The van der Waals surface area contributed by atoms with E-state index in [0.29, 0.717) is 12.1 Å². The van der Waals surface area contributed by atoms with Gasteiger partial charge in [0.25, 0.3) is 0 Å². The standard InChI is InChI=1S/C14H19N3/c15-8-6-12-10-13(4-5-14(12)16)17-9-7-11-2-1-3-11/h4-5,10-11,17H,1-3,6-7,9,16H2. The molecule has 0 aliphatic heterocycles. The molecule has 0 saturated heterocycles. The first-order chi connectivity index (χ1) is 8.29. The lowest BCUT2D eigenvalue weighted by atomic mass is 9.83. The summed E-state index contributed by atoms with van der Waals surface area (Å²) in [6, 6.07) is 7.98. The summed E-state index contributed by atoms with van der Waals surface area (Å²) in [7, 11) is 0. The highest BCUT2D eigenvalue weighted by Crippen LogP contribution is 2.29. The van der Waals surface area contributed by atoms with Gasteiger partial charge in [-0.3, -0.25) is 0 Å². The van der Waals surface area contributed by atoms with Crippen molar-refractivity contribution in [2.75, 3.05) is 17.6 Å². The van der Waals surface area contributed by atoms with Crippen molar-refractivity contribution in [1.29, 1.82) is 5.26 Å². The zero-order valence-corrected chi connectivity index (χ0v) is 10.1. The molecule has 1 aliphatic carbocycles. The van der Waals surface area contributed by atoms with Crippen LogP contribution in [0.3, 0.4) is 0 Å². The van der Waals surface area contributed by atoms with Gasteiger partial charge in [-0.1, -0.05) is 19.3 Å². The molecule has 0 radical (unpaired) electrons. The molecule has 0 spiro atoms. The van der Waals surface area contributed by atoms with Gasteiger partial charge >= 0.3 is 0 Å². The molecule has 3 heteroatoms. The van der Waals surface area contributed by atoms with E-state index in [4.69, 9.17) is 11.0 Å². The van der Waals surface area contributed by atoms with Crippen LogP contribution in [-0.2, 0) is 6.42 Å². The van der Waals surface area contributed by atoms with E-state index in [1.165, 1.54) is 25.7 Å². The lowest BCUT2D eigenvalue weighted by molar-refractivity contribution is 0.303. The Kier molecular flexibility index (Phi) is 3.87. The number of nitriles is 1. The molecule has 0 unspecified atom stereocenters. The minimum atomic E-state index is 0.379. The molecule has 90 valence electrons. The summed E-state index contributed by atoms with van der Waals surface area (Å²) in [5.74, 6) is 0.926. The maximum absolute atomic E-state index is 8.70. The highest BCUT2D eigenvalue weighted by molar-refractivity contribution is 5.57. The van der Waals surface area contributed by atoms with E-state index in [-0.39, 0.29) is 0 Å². The first kappa shape index (κ1) is 11.8. The first-order valence-electron chi connectivity index (χ1n) is 6.29. The van der Waals surface area contributed by atoms with Crippen LogP contribution in [-0.4, -0.2) is 6.54 Å². The Labute approximate surface area is 103 Å². The van der Waals surface area contributed by atoms with Crippen LogP contribution in [0.5, 0.6) is 0 Å². The van der Waals surface area contributed by atoms with Crippen molar-refractivity contribution in [3.63, 3.8) is 0 Å². The van der Waals surface area contributed by atoms with Crippen LogP contribution in [0.25, 0.3) is 0 Å². The number of nitrogens with one attached hydrogen (secondary N) is 1. The molecule has 0 bridgehead atoms. The van der Waals surface area contributed by atoms with Gasteiger partial charge in [0.05, 0.1) is 12.5 Å². The van der Waals surface area contributed by atoms with E-state index >= 15 is 0 Å². The second-order valence-electron chi connectivity index (χ2n) is 4.76. The van der Waals surface area contributed by atoms with Crippen molar-refractivity contribution in [3.8, 4) is 6.07 Å². The Morgan fingerprint density at radius 2 is 2.24 bits per heavy atom. The van der Waals surface area contributed by atoms with Crippen LogP contribution in [0.2, 0.25) is 0 Å². The maximum Gasteiger partial charge on any atom is 0.0670 e. The normalized spacial score (nSPS) is 15.0. The zero-order chi connectivity index (χ0) is 12.1. The summed E-state index contributed by atoms with van der Waals surface area (Å²) in [4.78, 5) is 0. The third kappa shape index (κ3) is 3.13. The smallest absolute Gasteiger partial charge is 0.0670 e. The molecule has 1 aliphatic rings. The summed E-state index contributed by atoms with van der Waals surface area (Å²) < 4.78 is 0. The van der Waals surface area contributed by atoms with Crippen molar-refractivity contribution >= 4 is 11.4 Å². The topological polar surface area (TPSA) is 61.8 Å². The Morgan fingerprint density at radius 1 is 1.41 bits per heavy atom. The lowest BCUT2D eigenvalue weighted by Gasteiger charge is -2.25. The molecular formula is C14H19N3. The van der Waals surface area contributed by atoms with Gasteiger partial charge < -0.3 is 11.1 Å². The van der Waals surface area contributed by atoms with Crippen LogP contribution in [0.1, 0.15) is 31.2 Å². The summed E-state index contributed by atoms with van der Waals surface area (Å²) >= 11 is 0. The average molecular weight is 229 g/mol. The molecule has 2 rings (SSSR count). The number of benzene rings is 1. The van der Waals surface area contributed by atoms with Crippen molar-refractivity contribution in [2.45, 2.75) is 32.1 Å². The highest BCUT2D eigenvalue weighted by atomic mass is 14.9. The molecule has 0 amide bonds. The van der Waals surface area contributed by atoms with E-state index in [9.17, 15) is 0 Å². The molecular weight excluding hydrogens is 210 g/mol. The van der Waals surface area contributed by atoms with Crippen molar-refractivity contribution < 1.29 is 0 Å². The maximum atomic E-state index is 8.70. The molecule has 1 aromatic carbocycles. The fourth-order valence-corrected chi connectivity index (χ4v) is 2.16. The van der Waals surface area contributed by atoms with E-state index < -0.39 is 0 Å². The quantitative estimate of drug-likeness (QED) is 0.763. The van der Waals surface area contributed by atoms with E-state index in [2.05, 4.69) is 11.4 Å². The third-order valence-corrected chi connectivity index (χ3v) is 3.52. The Hall–Kier alpha value is -1.69. The highest BCUT2D eigenvalue weighted by Gasteiger charge is 2.16. The fraction of sp³-hybridized carbons (Fsp3) is 0.500. The number of nitrogens with zero attached hydrogens (tertiary/aromatic N) is 1. The molecule has 1 saturated carbocycles. The summed E-state index contributed by atoms with van der Waals surface area (Å²) in [6.07, 6.45) is 5.81. The van der Waals surface area contributed by atoms with Gasteiger partial charge in [-0.05, 0) is 36.1 Å². The lowest BCUT2D eigenvalue weighted by Crippen LogP contribution is -2.15. The van der Waals surface area contributed by atoms with Crippen molar-refractivity contribution in [3.05, 3.63) is 23.8 Å². The largest absolute Gasteiger partial charge is 0.398 e. The van der Waals surface area contributed by atoms with Crippen LogP contribution in [0.4, 0.5) is 11.4 Å². The van der Waals surface area contributed by atoms with Gasteiger partial charge in [0.15, 0.2) is 0 Å². The van der Waals surface area contributed by atoms with E-state index in [1.54, 1.807) is 0 Å². The third-order valence-electron chi connectivity index (χ3n) is 3.52. The fourth-order valence-electron chi connectivity index (χ4n) is 2.16. The molecule has 0 aromatic heterocycles. The number of hydrogen-bond acceptors (Lipinski definition) is 3. The van der Waals surface area contributed by atoms with Crippen LogP contribution < -0.4 is 11.1 Å².